The van der Waals surface area contributed by atoms with Crippen molar-refractivity contribution in [1.82, 2.24) is 9.97 Å². The maximum Gasteiger partial charge on any atom is 0.225 e. The van der Waals surface area contributed by atoms with Gasteiger partial charge in [-0.2, -0.15) is 0 Å². The Hall–Kier alpha value is -0.580. The van der Waals surface area contributed by atoms with Gasteiger partial charge in [-0.25, -0.2) is 9.97 Å². The van der Waals surface area contributed by atoms with Crippen molar-refractivity contribution >= 4 is 29.0 Å². The number of nitrogens with one attached hydrogen (secondary N) is 1. The molecule has 0 fully saturated rings. The number of hydrogen-bond acceptors (Lipinski definition) is 4. The monoisotopic (exact) mass is 249 g/mol. The molecule has 0 aliphatic heterocycles. The highest BCUT2D eigenvalue weighted by Gasteiger charge is 2.24. The minimum absolute atomic E-state index is 0.0754. The zero-order chi connectivity index (χ0) is 11.6. The number of anilines is 1. The summed E-state index contributed by atoms with van der Waals surface area (Å²) in [5.41, 5.74) is -0.513. The van der Waals surface area contributed by atoms with Gasteiger partial charge >= 0.3 is 0 Å². The Morgan fingerprint density at radius 1 is 1.40 bits per heavy atom. The Morgan fingerprint density at radius 3 is 2.47 bits per heavy atom. The fraction of sp³-hybridized carbons (Fsp3) is 0.556. The molecule has 1 heterocycles. The van der Waals surface area contributed by atoms with Crippen molar-refractivity contribution in [2.24, 2.45) is 0 Å². The molecule has 1 rings (SSSR count). The second-order valence-electron chi connectivity index (χ2n) is 3.87. The van der Waals surface area contributed by atoms with Crippen LogP contribution in [-0.4, -0.2) is 26.7 Å². The summed E-state index contributed by atoms with van der Waals surface area (Å²) in [5.74, 6) is 0.492. The van der Waals surface area contributed by atoms with Gasteiger partial charge in [-0.3, -0.25) is 0 Å². The van der Waals surface area contributed by atoms with Crippen LogP contribution < -0.4 is 5.32 Å². The van der Waals surface area contributed by atoms with Crippen LogP contribution in [0.25, 0.3) is 0 Å². The predicted octanol–water partition coefficient (Wildman–Crippen LogP) is 2.35. The molecule has 1 aromatic rings. The highest BCUT2D eigenvalue weighted by molar-refractivity contribution is 6.32. The lowest BCUT2D eigenvalue weighted by atomic mass is 9.99. The first-order valence-electron chi connectivity index (χ1n) is 4.47. The number of aromatic nitrogens is 2. The molecule has 0 radical (unpaired) electrons. The van der Waals surface area contributed by atoms with Gasteiger partial charge in [0.25, 0.3) is 0 Å². The van der Waals surface area contributed by atoms with Gasteiger partial charge in [0.1, 0.15) is 11.0 Å². The lowest BCUT2D eigenvalue weighted by Gasteiger charge is -2.29. The van der Waals surface area contributed by atoms with Crippen molar-refractivity contribution in [2.75, 3.05) is 5.32 Å². The molecule has 0 saturated heterocycles. The smallest absolute Gasteiger partial charge is 0.225 e. The number of halogens is 2. The summed E-state index contributed by atoms with van der Waals surface area (Å²) in [5, 5.41) is 12.9. The lowest BCUT2D eigenvalue weighted by Crippen LogP contribution is -2.42. The fourth-order valence-electron chi connectivity index (χ4n) is 0.888. The minimum atomic E-state index is -0.537. The van der Waals surface area contributed by atoms with E-state index in [1.165, 1.54) is 0 Å². The number of aliphatic hydroxyl groups excluding tert-OH is 1. The van der Waals surface area contributed by atoms with Crippen LogP contribution in [0.15, 0.2) is 6.07 Å². The van der Waals surface area contributed by atoms with Crippen LogP contribution in [0.3, 0.4) is 0 Å². The van der Waals surface area contributed by atoms with Gasteiger partial charge in [-0.15, -0.1) is 0 Å². The van der Waals surface area contributed by atoms with E-state index in [-0.39, 0.29) is 10.4 Å². The second kappa shape index (κ2) is 4.51. The van der Waals surface area contributed by atoms with Crippen molar-refractivity contribution in [1.29, 1.82) is 0 Å². The van der Waals surface area contributed by atoms with Crippen LogP contribution in [0.2, 0.25) is 10.4 Å². The van der Waals surface area contributed by atoms with Gasteiger partial charge in [-0.1, -0.05) is 11.6 Å². The molecule has 4 nitrogen and oxygen atoms in total. The van der Waals surface area contributed by atoms with E-state index in [9.17, 15) is 5.11 Å². The quantitative estimate of drug-likeness (QED) is 0.638. The summed E-state index contributed by atoms with van der Waals surface area (Å²) in [6, 6.07) is 1.55. The van der Waals surface area contributed by atoms with Gasteiger partial charge in [0, 0.05) is 6.07 Å². The molecule has 0 aliphatic rings. The van der Waals surface area contributed by atoms with Gasteiger partial charge in [0.2, 0.25) is 5.28 Å². The number of aliphatic hydroxyl groups is 1. The number of rotatable bonds is 3. The molecular weight excluding hydrogens is 237 g/mol. The van der Waals surface area contributed by atoms with Crippen LogP contribution in [0.5, 0.6) is 0 Å². The van der Waals surface area contributed by atoms with Crippen molar-refractivity contribution in [2.45, 2.75) is 32.4 Å². The summed E-state index contributed by atoms with van der Waals surface area (Å²) in [7, 11) is 0. The van der Waals surface area contributed by atoms with Crippen LogP contribution in [0, 0.1) is 0 Å². The van der Waals surface area contributed by atoms with E-state index in [0.29, 0.717) is 5.82 Å². The van der Waals surface area contributed by atoms with Gasteiger partial charge in [0.05, 0.1) is 11.6 Å². The number of nitrogens with zero attached hydrogens (tertiary/aromatic N) is 2. The van der Waals surface area contributed by atoms with Crippen LogP contribution in [-0.2, 0) is 0 Å². The van der Waals surface area contributed by atoms with E-state index in [1.54, 1.807) is 13.0 Å². The molecule has 6 heteroatoms. The van der Waals surface area contributed by atoms with E-state index in [2.05, 4.69) is 15.3 Å². The molecule has 0 aliphatic carbocycles. The maximum atomic E-state index is 9.51. The molecular formula is C9H13Cl2N3O. The Kier molecular flexibility index (Phi) is 3.76. The van der Waals surface area contributed by atoms with Gasteiger partial charge in [0.15, 0.2) is 0 Å². The predicted molar refractivity (Wildman–Crippen MR) is 61.4 cm³/mol. The lowest BCUT2D eigenvalue weighted by molar-refractivity contribution is 0.133. The van der Waals surface area contributed by atoms with Crippen LogP contribution in [0.1, 0.15) is 20.8 Å². The summed E-state index contributed by atoms with van der Waals surface area (Å²) in [4.78, 5) is 7.68. The van der Waals surface area contributed by atoms with Crippen molar-refractivity contribution in [3.63, 3.8) is 0 Å². The molecule has 0 amide bonds. The maximum absolute atomic E-state index is 9.51. The molecule has 0 aromatic carbocycles. The van der Waals surface area contributed by atoms with E-state index >= 15 is 0 Å². The Labute approximate surface area is 98.6 Å². The highest BCUT2D eigenvalue weighted by Crippen LogP contribution is 2.20. The van der Waals surface area contributed by atoms with E-state index < -0.39 is 11.6 Å². The first kappa shape index (κ1) is 12.5. The van der Waals surface area contributed by atoms with Gasteiger partial charge in [-0.05, 0) is 32.4 Å². The Bertz CT molecular complexity index is 335. The molecule has 1 aromatic heterocycles. The molecule has 1 unspecified atom stereocenters. The highest BCUT2D eigenvalue weighted by atomic mass is 35.5. The summed E-state index contributed by atoms with van der Waals surface area (Å²) < 4.78 is 0. The van der Waals surface area contributed by atoms with Crippen LogP contribution >= 0.6 is 23.2 Å². The van der Waals surface area contributed by atoms with E-state index in [4.69, 9.17) is 23.2 Å². The molecule has 84 valence electrons. The van der Waals surface area contributed by atoms with Crippen LogP contribution in [0.4, 0.5) is 5.82 Å². The first-order chi connectivity index (χ1) is 6.81. The number of hydrogen-bond donors (Lipinski definition) is 2. The zero-order valence-electron chi connectivity index (χ0n) is 8.75. The largest absolute Gasteiger partial charge is 0.391 e. The van der Waals surface area contributed by atoms with Crippen molar-refractivity contribution < 1.29 is 5.11 Å². The molecule has 0 bridgehead atoms. The zero-order valence-corrected chi connectivity index (χ0v) is 10.3. The molecule has 1 atom stereocenters. The average molecular weight is 250 g/mol. The van der Waals surface area contributed by atoms with Crippen molar-refractivity contribution in [3.8, 4) is 0 Å². The standard InChI is InChI=1S/C9H13Cl2N3O/c1-5(15)9(2,3)14-7-4-6(10)12-8(11)13-7/h4-5,15H,1-3H3,(H,12,13,14). The fourth-order valence-corrected chi connectivity index (χ4v) is 1.30. The van der Waals surface area contributed by atoms with E-state index in [0.717, 1.165) is 0 Å². The average Bonchev–Trinajstić information content (AvgIpc) is 1.99. The Morgan fingerprint density at radius 2 is 2.00 bits per heavy atom. The second-order valence-corrected chi connectivity index (χ2v) is 4.59. The Balaban J connectivity index is 2.89. The molecule has 0 saturated carbocycles. The van der Waals surface area contributed by atoms with Crippen molar-refractivity contribution in [3.05, 3.63) is 16.5 Å². The molecule has 15 heavy (non-hydrogen) atoms. The molecule has 0 spiro atoms. The summed E-state index contributed by atoms with van der Waals surface area (Å²) >= 11 is 11.4. The van der Waals surface area contributed by atoms with E-state index in [1.807, 2.05) is 13.8 Å². The third-order valence-corrected chi connectivity index (χ3v) is 2.52. The third-order valence-electron chi connectivity index (χ3n) is 2.16. The summed E-state index contributed by atoms with van der Waals surface area (Å²) in [6.45, 7) is 5.39. The SMILES string of the molecule is CC(O)C(C)(C)Nc1cc(Cl)nc(Cl)n1. The van der Waals surface area contributed by atoms with Gasteiger partial charge < -0.3 is 10.4 Å². The molecule has 2 N–H and O–H groups in total. The topological polar surface area (TPSA) is 58.0 Å². The summed E-state index contributed by atoms with van der Waals surface area (Å²) in [6.07, 6.45) is -0.537. The normalized spacial score (nSPS) is 13.7. The minimum Gasteiger partial charge on any atom is -0.391 e. The first-order valence-corrected chi connectivity index (χ1v) is 5.23. The third kappa shape index (κ3) is 3.48.